The van der Waals surface area contributed by atoms with Crippen LogP contribution in [0.2, 0.25) is 5.02 Å². The minimum atomic E-state index is -1.45. The molecule has 0 fully saturated rings. The second kappa shape index (κ2) is 8.15. The van der Waals surface area contributed by atoms with E-state index in [0.717, 1.165) is 0 Å². The van der Waals surface area contributed by atoms with Crippen molar-refractivity contribution in [1.82, 2.24) is 5.32 Å². The number of amides is 1. The zero-order valence-corrected chi connectivity index (χ0v) is 13.8. The fourth-order valence-electron chi connectivity index (χ4n) is 2.18. The van der Waals surface area contributed by atoms with Gasteiger partial charge in [-0.15, -0.1) is 0 Å². The number of aliphatic carboxylic acids is 1. The fraction of sp³-hybridized carbons (Fsp3) is 0.500. The van der Waals surface area contributed by atoms with E-state index in [-0.39, 0.29) is 24.9 Å². The Balaban J connectivity index is 2.95. The molecule has 0 radical (unpaired) electrons. The largest absolute Gasteiger partial charge is 0.479 e. The summed E-state index contributed by atoms with van der Waals surface area (Å²) < 4.78 is 5.09. The Morgan fingerprint density at radius 3 is 2.41 bits per heavy atom. The van der Waals surface area contributed by atoms with E-state index in [2.05, 4.69) is 5.32 Å². The van der Waals surface area contributed by atoms with E-state index >= 15 is 0 Å². The van der Waals surface area contributed by atoms with Crippen molar-refractivity contribution in [2.75, 3.05) is 7.11 Å². The van der Waals surface area contributed by atoms with Gasteiger partial charge in [-0.25, -0.2) is 4.79 Å². The first-order valence-corrected chi connectivity index (χ1v) is 7.56. The average molecular weight is 328 g/mol. The maximum Gasteiger partial charge on any atom is 0.334 e. The van der Waals surface area contributed by atoms with Gasteiger partial charge in [0.25, 0.3) is 0 Å². The van der Waals surface area contributed by atoms with Crippen LogP contribution in [0.5, 0.6) is 0 Å². The minimum absolute atomic E-state index is 0.0536. The summed E-state index contributed by atoms with van der Waals surface area (Å²) >= 11 is 5.84. The molecule has 1 aromatic rings. The van der Waals surface area contributed by atoms with Gasteiger partial charge in [-0.3, -0.25) is 4.79 Å². The molecule has 1 rings (SSSR count). The number of nitrogens with one attached hydrogen (secondary N) is 1. The number of rotatable bonds is 8. The molecular formula is C16H22ClNO4. The van der Waals surface area contributed by atoms with E-state index in [4.69, 9.17) is 16.3 Å². The van der Waals surface area contributed by atoms with Crippen LogP contribution < -0.4 is 5.32 Å². The molecule has 1 aromatic carbocycles. The molecular weight excluding hydrogens is 306 g/mol. The lowest BCUT2D eigenvalue weighted by Gasteiger charge is -2.30. The average Bonchev–Trinajstić information content (AvgIpc) is 2.50. The maximum atomic E-state index is 12.1. The van der Waals surface area contributed by atoms with Gasteiger partial charge in [0.15, 0.2) is 5.54 Å². The Morgan fingerprint density at radius 1 is 1.36 bits per heavy atom. The number of hydrogen-bond acceptors (Lipinski definition) is 3. The smallest absolute Gasteiger partial charge is 0.334 e. The summed E-state index contributed by atoms with van der Waals surface area (Å²) in [4.78, 5) is 23.9. The number of hydrogen-bond donors (Lipinski definition) is 2. The zero-order chi connectivity index (χ0) is 16.8. The molecule has 0 saturated carbocycles. The number of benzene rings is 1. The van der Waals surface area contributed by atoms with Crippen molar-refractivity contribution >= 4 is 23.5 Å². The molecule has 2 unspecified atom stereocenters. The monoisotopic (exact) mass is 327 g/mol. The van der Waals surface area contributed by atoms with Gasteiger partial charge in [0, 0.05) is 18.6 Å². The summed E-state index contributed by atoms with van der Waals surface area (Å²) in [6.07, 6.45) is 0.914. The molecule has 2 N–H and O–H groups in total. The molecule has 0 bridgehead atoms. The SMILES string of the molecule is CCC(NC(=O)CCC(C)OC)(C(=O)O)c1ccc(Cl)cc1. The van der Waals surface area contributed by atoms with Crippen molar-refractivity contribution < 1.29 is 19.4 Å². The number of carboxylic acid groups (broad SMARTS) is 1. The predicted octanol–water partition coefficient (Wildman–Crippen LogP) is 2.96. The van der Waals surface area contributed by atoms with E-state index in [1.807, 2.05) is 6.92 Å². The number of carbonyl (C=O) groups is 2. The molecule has 22 heavy (non-hydrogen) atoms. The highest BCUT2D eigenvalue weighted by Gasteiger charge is 2.40. The van der Waals surface area contributed by atoms with Gasteiger partial charge >= 0.3 is 5.97 Å². The zero-order valence-electron chi connectivity index (χ0n) is 13.1. The molecule has 0 aliphatic rings. The summed E-state index contributed by atoms with van der Waals surface area (Å²) in [7, 11) is 1.57. The summed E-state index contributed by atoms with van der Waals surface area (Å²) in [5.74, 6) is -1.41. The van der Waals surface area contributed by atoms with Gasteiger partial charge in [0.2, 0.25) is 5.91 Å². The number of carbonyl (C=O) groups excluding carboxylic acids is 1. The standard InChI is InChI=1S/C16H22ClNO4/c1-4-16(15(20)21,12-6-8-13(17)9-7-12)18-14(19)10-5-11(2)22-3/h6-9,11H,4-5,10H2,1-3H3,(H,18,19)(H,20,21). The molecule has 0 heterocycles. The Hall–Kier alpha value is -1.59. The van der Waals surface area contributed by atoms with Crippen molar-refractivity contribution in [3.63, 3.8) is 0 Å². The van der Waals surface area contributed by atoms with Gasteiger partial charge in [-0.05, 0) is 37.5 Å². The third kappa shape index (κ3) is 4.45. The lowest BCUT2D eigenvalue weighted by molar-refractivity contribution is -0.148. The van der Waals surface area contributed by atoms with Gasteiger partial charge in [-0.2, -0.15) is 0 Å². The number of methoxy groups -OCH3 is 1. The van der Waals surface area contributed by atoms with Crippen molar-refractivity contribution in [3.05, 3.63) is 34.9 Å². The van der Waals surface area contributed by atoms with Crippen LogP contribution in [0, 0.1) is 0 Å². The fourth-order valence-corrected chi connectivity index (χ4v) is 2.31. The van der Waals surface area contributed by atoms with Crippen LogP contribution in [-0.4, -0.2) is 30.2 Å². The highest BCUT2D eigenvalue weighted by molar-refractivity contribution is 6.30. The molecule has 6 heteroatoms. The van der Waals surface area contributed by atoms with Gasteiger partial charge in [-0.1, -0.05) is 30.7 Å². The first-order chi connectivity index (χ1) is 10.4. The second-order valence-electron chi connectivity index (χ2n) is 5.20. The molecule has 0 aromatic heterocycles. The van der Waals surface area contributed by atoms with Crippen molar-refractivity contribution in [2.45, 2.75) is 44.8 Å². The van der Waals surface area contributed by atoms with Crippen LogP contribution in [0.3, 0.4) is 0 Å². The third-order valence-corrected chi connectivity index (χ3v) is 4.02. The summed E-state index contributed by atoms with van der Waals surface area (Å²) in [5.41, 5.74) is -0.946. The van der Waals surface area contributed by atoms with Crippen LogP contribution in [0.1, 0.15) is 38.7 Å². The normalized spacial score (nSPS) is 14.9. The molecule has 0 saturated heterocycles. The van der Waals surface area contributed by atoms with Gasteiger partial charge < -0.3 is 15.2 Å². The van der Waals surface area contributed by atoms with Crippen LogP contribution >= 0.6 is 11.6 Å². The van der Waals surface area contributed by atoms with E-state index in [1.165, 1.54) is 0 Å². The molecule has 5 nitrogen and oxygen atoms in total. The van der Waals surface area contributed by atoms with Crippen molar-refractivity contribution in [3.8, 4) is 0 Å². The Kier molecular flexibility index (Phi) is 6.84. The van der Waals surface area contributed by atoms with E-state index < -0.39 is 11.5 Å². The van der Waals surface area contributed by atoms with Crippen molar-refractivity contribution in [2.24, 2.45) is 0 Å². The molecule has 122 valence electrons. The van der Waals surface area contributed by atoms with E-state index in [9.17, 15) is 14.7 Å². The van der Waals surface area contributed by atoms with Crippen LogP contribution in [0.15, 0.2) is 24.3 Å². The molecule has 0 aliphatic heterocycles. The lowest BCUT2D eigenvalue weighted by atomic mass is 9.87. The lowest BCUT2D eigenvalue weighted by Crippen LogP contribution is -2.51. The minimum Gasteiger partial charge on any atom is -0.479 e. The highest BCUT2D eigenvalue weighted by Crippen LogP contribution is 2.27. The van der Waals surface area contributed by atoms with Gasteiger partial charge in [0.1, 0.15) is 0 Å². The number of carboxylic acids is 1. The summed E-state index contributed by atoms with van der Waals surface area (Å²) in [5, 5.41) is 12.8. The highest BCUT2D eigenvalue weighted by atomic mass is 35.5. The summed E-state index contributed by atoms with van der Waals surface area (Å²) in [6.45, 7) is 3.58. The quantitative estimate of drug-likeness (QED) is 0.769. The van der Waals surface area contributed by atoms with E-state index in [1.54, 1.807) is 38.3 Å². The first kappa shape index (κ1) is 18.5. The van der Waals surface area contributed by atoms with Gasteiger partial charge in [0.05, 0.1) is 6.10 Å². The Bertz CT molecular complexity index is 517. The molecule has 1 amide bonds. The Labute approximate surface area is 135 Å². The van der Waals surface area contributed by atoms with Crippen LogP contribution in [0.4, 0.5) is 0 Å². The molecule has 2 atom stereocenters. The topological polar surface area (TPSA) is 75.6 Å². The second-order valence-corrected chi connectivity index (χ2v) is 5.64. The number of ether oxygens (including phenoxy) is 1. The molecule has 0 spiro atoms. The van der Waals surface area contributed by atoms with E-state index in [0.29, 0.717) is 17.0 Å². The summed E-state index contributed by atoms with van der Waals surface area (Å²) in [6, 6.07) is 6.48. The number of halogens is 1. The molecule has 0 aliphatic carbocycles. The Morgan fingerprint density at radius 2 is 1.95 bits per heavy atom. The maximum absolute atomic E-state index is 12.1. The van der Waals surface area contributed by atoms with Crippen molar-refractivity contribution in [1.29, 1.82) is 0 Å². The third-order valence-electron chi connectivity index (χ3n) is 3.77. The first-order valence-electron chi connectivity index (χ1n) is 7.19. The predicted molar refractivity (Wildman–Crippen MR) is 84.9 cm³/mol. The van der Waals surface area contributed by atoms with Crippen LogP contribution in [0.25, 0.3) is 0 Å². The van der Waals surface area contributed by atoms with Crippen LogP contribution in [-0.2, 0) is 19.9 Å².